The van der Waals surface area contributed by atoms with E-state index >= 15 is 0 Å². The molecule has 0 saturated heterocycles. The van der Waals surface area contributed by atoms with E-state index in [0.717, 1.165) is 18.2 Å². The van der Waals surface area contributed by atoms with Crippen molar-refractivity contribution in [2.75, 3.05) is 0 Å². The zero-order chi connectivity index (χ0) is 17.2. The molecule has 0 fully saturated rings. The first-order valence-corrected chi connectivity index (χ1v) is 8.62. The molecule has 3 rings (SSSR count). The molecule has 0 saturated carbocycles. The van der Waals surface area contributed by atoms with Crippen molar-refractivity contribution in [1.82, 2.24) is 14.7 Å². The molecule has 2 aromatic heterocycles. The average Bonchev–Trinajstić information content (AvgIpc) is 3.10. The summed E-state index contributed by atoms with van der Waals surface area (Å²) in [6.07, 6.45) is 4.42. The minimum Gasteiger partial charge on any atom is -0.463 e. The van der Waals surface area contributed by atoms with Gasteiger partial charge in [0.05, 0.1) is 28.4 Å². The van der Waals surface area contributed by atoms with Crippen LogP contribution in [-0.2, 0) is 16.6 Å². The second-order valence-electron chi connectivity index (χ2n) is 4.73. The van der Waals surface area contributed by atoms with Crippen LogP contribution >= 0.6 is 11.6 Å². The summed E-state index contributed by atoms with van der Waals surface area (Å²) in [5, 5.41) is -0.270. The van der Waals surface area contributed by atoms with Crippen LogP contribution in [0.4, 0.5) is 4.39 Å². The van der Waals surface area contributed by atoms with E-state index in [1.54, 1.807) is 12.1 Å². The Balaban J connectivity index is 1.84. The predicted molar refractivity (Wildman–Crippen MR) is 85.2 cm³/mol. The van der Waals surface area contributed by atoms with Crippen LogP contribution in [0.1, 0.15) is 5.69 Å². The SMILES string of the molecule is O=S(=O)(NCc1nccnc1-c1ccco1)c1ccc(F)c(Cl)c1. The molecule has 3 aromatic rings. The minimum absolute atomic E-state index is 0.110. The molecule has 6 nitrogen and oxygen atoms in total. The highest BCUT2D eigenvalue weighted by Gasteiger charge is 2.18. The van der Waals surface area contributed by atoms with E-state index in [9.17, 15) is 12.8 Å². The van der Waals surface area contributed by atoms with Crippen LogP contribution < -0.4 is 4.72 Å². The van der Waals surface area contributed by atoms with Crippen LogP contribution in [0.3, 0.4) is 0 Å². The van der Waals surface area contributed by atoms with Crippen molar-refractivity contribution in [2.45, 2.75) is 11.4 Å². The maximum absolute atomic E-state index is 13.2. The zero-order valence-corrected chi connectivity index (χ0v) is 13.7. The largest absolute Gasteiger partial charge is 0.463 e. The normalized spacial score (nSPS) is 11.6. The molecule has 24 heavy (non-hydrogen) atoms. The first-order chi connectivity index (χ1) is 11.5. The lowest BCUT2D eigenvalue weighted by molar-refractivity contribution is 0.573. The number of hydrogen-bond acceptors (Lipinski definition) is 5. The zero-order valence-electron chi connectivity index (χ0n) is 12.1. The Morgan fingerprint density at radius 1 is 1.21 bits per heavy atom. The van der Waals surface area contributed by atoms with Gasteiger partial charge in [0.1, 0.15) is 11.5 Å². The molecule has 0 aliphatic rings. The standard InChI is InChI=1S/C15H11ClFN3O3S/c16-11-8-10(3-4-12(11)17)24(21,22)20-9-13-15(19-6-5-18-13)14-2-1-7-23-14/h1-8,20H,9H2. The van der Waals surface area contributed by atoms with Gasteiger partial charge in [-0.15, -0.1) is 0 Å². The number of nitrogens with one attached hydrogen (secondary N) is 1. The van der Waals surface area contributed by atoms with Crippen LogP contribution in [0, 0.1) is 5.82 Å². The predicted octanol–water partition coefficient (Wildman–Crippen LogP) is 3.01. The Labute approximate surface area is 142 Å². The average molecular weight is 368 g/mol. The molecule has 0 bridgehead atoms. The van der Waals surface area contributed by atoms with Gasteiger partial charge in [0.25, 0.3) is 0 Å². The van der Waals surface area contributed by atoms with Gasteiger partial charge in [-0.25, -0.2) is 22.5 Å². The first kappa shape index (κ1) is 16.6. The fourth-order valence-electron chi connectivity index (χ4n) is 2.01. The number of halogens is 2. The summed E-state index contributed by atoms with van der Waals surface area (Å²) < 4.78 is 45.4. The van der Waals surface area contributed by atoms with Gasteiger partial charge in [-0.1, -0.05) is 11.6 Å². The molecule has 0 unspecified atom stereocenters. The molecule has 0 atom stereocenters. The Kier molecular flexibility index (Phi) is 4.61. The maximum Gasteiger partial charge on any atom is 0.240 e. The number of rotatable bonds is 5. The van der Waals surface area contributed by atoms with Gasteiger partial charge < -0.3 is 4.42 Å². The third-order valence-electron chi connectivity index (χ3n) is 3.16. The minimum atomic E-state index is -3.88. The van der Waals surface area contributed by atoms with Crippen LogP contribution in [0.25, 0.3) is 11.5 Å². The highest BCUT2D eigenvalue weighted by atomic mass is 35.5. The van der Waals surface area contributed by atoms with Crippen molar-refractivity contribution in [3.05, 3.63) is 65.5 Å². The summed E-state index contributed by atoms with van der Waals surface area (Å²) in [6, 6.07) is 6.56. The monoisotopic (exact) mass is 367 g/mol. The molecule has 1 N–H and O–H groups in total. The maximum atomic E-state index is 13.2. The van der Waals surface area contributed by atoms with Gasteiger partial charge in [0.15, 0.2) is 5.76 Å². The first-order valence-electron chi connectivity index (χ1n) is 6.76. The number of hydrogen-bond donors (Lipinski definition) is 1. The molecule has 124 valence electrons. The van der Waals surface area contributed by atoms with E-state index in [4.69, 9.17) is 16.0 Å². The Bertz CT molecular complexity index is 962. The summed E-state index contributed by atoms with van der Waals surface area (Å²) in [7, 11) is -3.88. The summed E-state index contributed by atoms with van der Waals surface area (Å²) >= 11 is 5.63. The van der Waals surface area contributed by atoms with E-state index in [1.807, 2.05) is 0 Å². The summed E-state index contributed by atoms with van der Waals surface area (Å²) in [5.74, 6) is -0.216. The second-order valence-corrected chi connectivity index (χ2v) is 6.90. The van der Waals surface area contributed by atoms with Gasteiger partial charge >= 0.3 is 0 Å². The van der Waals surface area contributed by atoms with Gasteiger partial charge in [-0.3, -0.25) is 4.98 Å². The highest BCUT2D eigenvalue weighted by molar-refractivity contribution is 7.89. The van der Waals surface area contributed by atoms with Gasteiger partial charge in [-0.2, -0.15) is 0 Å². The molecular formula is C15H11ClFN3O3S. The van der Waals surface area contributed by atoms with Gasteiger partial charge in [-0.05, 0) is 30.3 Å². The molecular weight excluding hydrogens is 357 g/mol. The summed E-state index contributed by atoms with van der Waals surface area (Å²) in [5.41, 5.74) is 0.826. The summed E-state index contributed by atoms with van der Waals surface area (Å²) in [6.45, 7) is -0.110. The van der Waals surface area contributed by atoms with Crippen molar-refractivity contribution in [2.24, 2.45) is 0 Å². The van der Waals surface area contributed by atoms with E-state index in [0.29, 0.717) is 17.1 Å². The fraction of sp³-hybridized carbons (Fsp3) is 0.0667. The summed E-state index contributed by atoms with van der Waals surface area (Å²) in [4.78, 5) is 8.14. The molecule has 2 heterocycles. The van der Waals surface area contributed by atoms with E-state index in [1.165, 1.54) is 18.7 Å². The number of nitrogens with zero attached hydrogens (tertiary/aromatic N) is 2. The number of sulfonamides is 1. The molecule has 0 amide bonds. The van der Waals surface area contributed by atoms with E-state index in [-0.39, 0.29) is 16.5 Å². The third-order valence-corrected chi connectivity index (χ3v) is 4.85. The van der Waals surface area contributed by atoms with Crippen LogP contribution in [0.15, 0.2) is 58.3 Å². The van der Waals surface area contributed by atoms with Gasteiger partial charge in [0.2, 0.25) is 10.0 Å². The van der Waals surface area contributed by atoms with Crippen molar-refractivity contribution >= 4 is 21.6 Å². The smallest absolute Gasteiger partial charge is 0.240 e. The Hall–Kier alpha value is -2.29. The van der Waals surface area contributed by atoms with Crippen molar-refractivity contribution in [3.8, 4) is 11.5 Å². The van der Waals surface area contributed by atoms with Crippen LogP contribution in [0.5, 0.6) is 0 Å². The molecule has 0 radical (unpaired) electrons. The molecule has 0 spiro atoms. The highest BCUT2D eigenvalue weighted by Crippen LogP contribution is 2.22. The fourth-order valence-corrected chi connectivity index (χ4v) is 3.26. The third kappa shape index (κ3) is 3.45. The quantitative estimate of drug-likeness (QED) is 0.749. The van der Waals surface area contributed by atoms with Crippen LogP contribution in [-0.4, -0.2) is 18.4 Å². The van der Waals surface area contributed by atoms with Gasteiger partial charge in [0, 0.05) is 12.4 Å². The topological polar surface area (TPSA) is 85.1 Å². The lowest BCUT2D eigenvalue weighted by Gasteiger charge is -2.09. The molecule has 1 aromatic carbocycles. The number of aromatic nitrogens is 2. The van der Waals surface area contributed by atoms with Crippen molar-refractivity contribution in [1.29, 1.82) is 0 Å². The molecule has 9 heteroatoms. The lowest BCUT2D eigenvalue weighted by atomic mass is 10.2. The lowest BCUT2D eigenvalue weighted by Crippen LogP contribution is -2.24. The Morgan fingerprint density at radius 3 is 2.71 bits per heavy atom. The molecule has 0 aliphatic heterocycles. The van der Waals surface area contributed by atoms with Crippen molar-refractivity contribution < 1.29 is 17.2 Å². The van der Waals surface area contributed by atoms with Crippen LogP contribution in [0.2, 0.25) is 5.02 Å². The van der Waals surface area contributed by atoms with E-state index in [2.05, 4.69) is 14.7 Å². The molecule has 0 aliphatic carbocycles. The van der Waals surface area contributed by atoms with Crippen molar-refractivity contribution in [3.63, 3.8) is 0 Å². The second kappa shape index (κ2) is 6.68. The number of benzene rings is 1. The Morgan fingerprint density at radius 2 is 2.00 bits per heavy atom. The number of furan rings is 1. The van der Waals surface area contributed by atoms with E-state index < -0.39 is 15.8 Å².